The normalized spacial score (nSPS) is 42.0. The maximum absolute atomic E-state index is 5.18. The van der Waals surface area contributed by atoms with Gasteiger partial charge in [0.05, 0.1) is 6.10 Å². The van der Waals surface area contributed by atoms with Crippen LogP contribution < -0.4 is 0 Å². The van der Waals surface area contributed by atoms with Gasteiger partial charge in [-0.25, -0.2) is 0 Å². The summed E-state index contributed by atoms with van der Waals surface area (Å²) in [5.41, 5.74) is 0. The van der Waals surface area contributed by atoms with Gasteiger partial charge < -0.3 is 4.18 Å². The molecule has 0 aromatic rings. The Labute approximate surface area is 48.6 Å². The molecule has 42 valence electrons. The summed E-state index contributed by atoms with van der Waals surface area (Å²) in [5, 5.41) is 0. The van der Waals surface area contributed by atoms with Crippen molar-refractivity contribution in [3.8, 4) is 0 Å². The van der Waals surface area contributed by atoms with Crippen molar-refractivity contribution in [1.29, 1.82) is 0 Å². The quantitative estimate of drug-likeness (QED) is 0.448. The Balaban J connectivity index is 2.33. The van der Waals surface area contributed by atoms with E-state index in [1.165, 1.54) is 5.75 Å². The summed E-state index contributed by atoms with van der Waals surface area (Å²) in [6.45, 7) is 4.33. The molecule has 1 aliphatic rings. The summed E-state index contributed by atoms with van der Waals surface area (Å²) in [6.07, 6.45) is 0.477. The molecule has 0 amide bonds. The third kappa shape index (κ3) is 1.10. The summed E-state index contributed by atoms with van der Waals surface area (Å²) in [4.78, 5) is 0. The molecule has 1 heterocycles. The van der Waals surface area contributed by atoms with E-state index in [0.717, 1.165) is 5.92 Å². The minimum Gasteiger partial charge on any atom is -0.312 e. The Kier molecular flexibility index (Phi) is 1.60. The third-order valence-electron chi connectivity index (χ3n) is 1.35. The molecule has 1 fully saturated rings. The van der Waals surface area contributed by atoms with E-state index < -0.39 is 0 Å². The average molecular weight is 118 g/mol. The Morgan fingerprint density at radius 1 is 1.57 bits per heavy atom. The van der Waals surface area contributed by atoms with Crippen molar-refractivity contribution in [2.24, 2.45) is 5.92 Å². The molecule has 1 rings (SSSR count). The van der Waals surface area contributed by atoms with E-state index >= 15 is 0 Å². The van der Waals surface area contributed by atoms with Crippen LogP contribution >= 0.6 is 12.0 Å². The van der Waals surface area contributed by atoms with E-state index in [-0.39, 0.29) is 0 Å². The minimum atomic E-state index is 0.477. The van der Waals surface area contributed by atoms with E-state index in [1.807, 2.05) is 0 Å². The molecule has 2 unspecified atom stereocenters. The molecule has 0 N–H and O–H groups in total. The standard InChI is InChI=1S/C5H10OS/c1-4-3-7-6-5(4)2/h4-5H,3H2,1-2H3. The Morgan fingerprint density at radius 2 is 2.29 bits per heavy atom. The van der Waals surface area contributed by atoms with Crippen molar-refractivity contribution in [2.75, 3.05) is 5.75 Å². The monoisotopic (exact) mass is 118 g/mol. The maximum Gasteiger partial charge on any atom is 0.0728 e. The molecule has 0 aromatic carbocycles. The molecule has 0 aliphatic carbocycles. The molecule has 0 saturated carbocycles. The van der Waals surface area contributed by atoms with Gasteiger partial charge in [0.15, 0.2) is 0 Å². The van der Waals surface area contributed by atoms with Crippen molar-refractivity contribution in [1.82, 2.24) is 0 Å². The molecule has 7 heavy (non-hydrogen) atoms. The second-order valence-electron chi connectivity index (χ2n) is 2.06. The zero-order valence-corrected chi connectivity index (χ0v) is 5.49. The SMILES string of the molecule is CC1CSOC1C. The molecule has 2 heteroatoms. The maximum atomic E-state index is 5.18. The summed E-state index contributed by atoms with van der Waals surface area (Å²) in [5.74, 6) is 1.92. The molecule has 2 atom stereocenters. The predicted molar refractivity (Wildman–Crippen MR) is 32.2 cm³/mol. The highest BCUT2D eigenvalue weighted by Gasteiger charge is 2.19. The topological polar surface area (TPSA) is 9.23 Å². The van der Waals surface area contributed by atoms with Crippen LogP contribution in [0, 0.1) is 5.92 Å². The van der Waals surface area contributed by atoms with Crippen molar-refractivity contribution in [3.05, 3.63) is 0 Å². The fourth-order valence-corrected chi connectivity index (χ4v) is 1.45. The second-order valence-corrected chi connectivity index (χ2v) is 2.82. The van der Waals surface area contributed by atoms with E-state index in [4.69, 9.17) is 4.18 Å². The van der Waals surface area contributed by atoms with Gasteiger partial charge in [-0.05, 0) is 24.9 Å². The van der Waals surface area contributed by atoms with Crippen LogP contribution in [0.1, 0.15) is 13.8 Å². The van der Waals surface area contributed by atoms with Gasteiger partial charge in [-0.1, -0.05) is 6.92 Å². The van der Waals surface area contributed by atoms with Crippen LogP contribution in [0.25, 0.3) is 0 Å². The molecular weight excluding hydrogens is 108 g/mol. The van der Waals surface area contributed by atoms with Gasteiger partial charge in [-0.2, -0.15) is 0 Å². The van der Waals surface area contributed by atoms with Crippen LogP contribution in [0.4, 0.5) is 0 Å². The molecule has 0 bridgehead atoms. The lowest BCUT2D eigenvalue weighted by molar-refractivity contribution is 0.237. The van der Waals surface area contributed by atoms with Gasteiger partial charge in [-0.15, -0.1) is 0 Å². The van der Waals surface area contributed by atoms with Crippen LogP contribution in [0.3, 0.4) is 0 Å². The van der Waals surface area contributed by atoms with Crippen LogP contribution in [-0.4, -0.2) is 11.9 Å². The Morgan fingerprint density at radius 3 is 2.43 bits per heavy atom. The van der Waals surface area contributed by atoms with Gasteiger partial charge in [0.25, 0.3) is 0 Å². The largest absolute Gasteiger partial charge is 0.312 e. The molecule has 1 nitrogen and oxygen atoms in total. The summed E-state index contributed by atoms with van der Waals surface area (Å²) in [7, 11) is 0. The van der Waals surface area contributed by atoms with Crippen LogP contribution in [-0.2, 0) is 4.18 Å². The second kappa shape index (κ2) is 2.05. The van der Waals surface area contributed by atoms with Crippen LogP contribution in [0.2, 0.25) is 0 Å². The highest BCUT2D eigenvalue weighted by Crippen LogP contribution is 2.26. The summed E-state index contributed by atoms with van der Waals surface area (Å²) in [6, 6.07) is 0. The first kappa shape index (κ1) is 5.45. The van der Waals surface area contributed by atoms with Crippen molar-refractivity contribution >= 4 is 12.0 Å². The molecule has 0 radical (unpaired) electrons. The van der Waals surface area contributed by atoms with E-state index in [2.05, 4.69) is 13.8 Å². The fourth-order valence-electron chi connectivity index (χ4n) is 0.484. The minimum absolute atomic E-state index is 0.477. The lowest BCUT2D eigenvalue weighted by Gasteiger charge is -2.02. The number of hydrogen-bond donors (Lipinski definition) is 0. The number of hydrogen-bond acceptors (Lipinski definition) is 2. The third-order valence-corrected chi connectivity index (χ3v) is 2.45. The van der Waals surface area contributed by atoms with E-state index in [0.29, 0.717) is 6.10 Å². The molecule has 0 spiro atoms. The van der Waals surface area contributed by atoms with Gasteiger partial charge in [0.2, 0.25) is 0 Å². The predicted octanol–water partition coefficient (Wildman–Crippen LogP) is 1.69. The lowest BCUT2D eigenvalue weighted by Crippen LogP contribution is -2.07. The van der Waals surface area contributed by atoms with Crippen molar-refractivity contribution < 1.29 is 4.18 Å². The van der Waals surface area contributed by atoms with Crippen molar-refractivity contribution in [2.45, 2.75) is 20.0 Å². The van der Waals surface area contributed by atoms with Crippen LogP contribution in [0.15, 0.2) is 0 Å². The first-order valence-electron chi connectivity index (χ1n) is 2.59. The zero-order valence-electron chi connectivity index (χ0n) is 4.68. The number of rotatable bonds is 0. The highest BCUT2D eigenvalue weighted by atomic mass is 32.2. The average Bonchev–Trinajstić information content (AvgIpc) is 1.91. The summed E-state index contributed by atoms with van der Waals surface area (Å²) >= 11 is 1.59. The molecule has 0 aromatic heterocycles. The first-order valence-corrected chi connectivity index (χ1v) is 3.50. The fraction of sp³-hybridized carbons (Fsp3) is 1.00. The Hall–Kier alpha value is 0.310. The highest BCUT2D eigenvalue weighted by molar-refractivity contribution is 7.94. The Bertz CT molecular complexity index is 57.1. The first-order chi connectivity index (χ1) is 3.30. The zero-order chi connectivity index (χ0) is 5.28. The van der Waals surface area contributed by atoms with Crippen molar-refractivity contribution in [3.63, 3.8) is 0 Å². The summed E-state index contributed by atoms with van der Waals surface area (Å²) < 4.78 is 5.18. The van der Waals surface area contributed by atoms with Gasteiger partial charge in [-0.3, -0.25) is 0 Å². The smallest absolute Gasteiger partial charge is 0.0728 e. The molecule has 1 aliphatic heterocycles. The van der Waals surface area contributed by atoms with Gasteiger partial charge >= 0.3 is 0 Å². The van der Waals surface area contributed by atoms with E-state index in [9.17, 15) is 0 Å². The van der Waals surface area contributed by atoms with E-state index in [1.54, 1.807) is 12.0 Å². The molecule has 1 saturated heterocycles. The van der Waals surface area contributed by atoms with Crippen LogP contribution in [0.5, 0.6) is 0 Å². The van der Waals surface area contributed by atoms with Gasteiger partial charge in [0.1, 0.15) is 0 Å². The van der Waals surface area contributed by atoms with Gasteiger partial charge in [0, 0.05) is 5.75 Å². The lowest BCUT2D eigenvalue weighted by atomic mass is 10.1. The molecular formula is C5H10OS.